The summed E-state index contributed by atoms with van der Waals surface area (Å²) in [5.74, 6) is 1.54. The number of hydrogen-bond donors (Lipinski definition) is 0. The van der Waals surface area contributed by atoms with Crippen LogP contribution in [0.2, 0.25) is 0 Å². The summed E-state index contributed by atoms with van der Waals surface area (Å²) in [7, 11) is 0. The molecule has 0 N–H and O–H groups in total. The van der Waals surface area contributed by atoms with E-state index in [-0.39, 0.29) is 5.91 Å². The standard InChI is InChI=1S/C23H28N6O3S/c30-21(17-25-12-15-31-16-13-25)27-10-8-26(9-11-27)18-28-23(33)29(19-5-2-1-3-6-19)22(24-28)20-7-4-14-32-20/h1-7,14H,8-13,15-18H2. The average molecular weight is 469 g/mol. The summed E-state index contributed by atoms with van der Waals surface area (Å²) in [4.78, 5) is 19.1. The molecular weight excluding hydrogens is 440 g/mol. The first-order valence-corrected chi connectivity index (χ1v) is 11.7. The number of carbonyl (C=O) groups is 1. The molecule has 3 aromatic rings. The zero-order valence-corrected chi connectivity index (χ0v) is 19.3. The highest BCUT2D eigenvalue weighted by molar-refractivity contribution is 7.71. The third kappa shape index (κ3) is 4.93. The zero-order valence-electron chi connectivity index (χ0n) is 18.5. The average Bonchev–Trinajstić information content (AvgIpc) is 3.49. The fourth-order valence-electron chi connectivity index (χ4n) is 4.25. The lowest BCUT2D eigenvalue weighted by Gasteiger charge is -2.36. The molecule has 2 aliphatic rings. The highest BCUT2D eigenvalue weighted by Crippen LogP contribution is 2.23. The van der Waals surface area contributed by atoms with Crippen LogP contribution in [0.4, 0.5) is 0 Å². The Balaban J connectivity index is 1.27. The van der Waals surface area contributed by atoms with Crippen molar-refractivity contribution < 1.29 is 13.9 Å². The maximum absolute atomic E-state index is 12.7. The van der Waals surface area contributed by atoms with Gasteiger partial charge in [0, 0.05) is 39.3 Å². The van der Waals surface area contributed by atoms with E-state index in [0.717, 1.165) is 31.9 Å². The minimum Gasteiger partial charge on any atom is -0.461 e. The van der Waals surface area contributed by atoms with Crippen molar-refractivity contribution in [2.75, 3.05) is 59.0 Å². The normalized spacial score (nSPS) is 18.0. The van der Waals surface area contributed by atoms with Crippen LogP contribution in [0.25, 0.3) is 17.3 Å². The molecule has 0 saturated carbocycles. The number of carbonyl (C=O) groups excluding carboxylic acids is 1. The predicted octanol–water partition coefficient (Wildman–Crippen LogP) is 2.10. The van der Waals surface area contributed by atoms with Crippen molar-refractivity contribution in [2.24, 2.45) is 0 Å². The van der Waals surface area contributed by atoms with Crippen LogP contribution in [0.15, 0.2) is 53.1 Å². The molecule has 5 rings (SSSR count). The number of furan rings is 1. The monoisotopic (exact) mass is 468 g/mol. The van der Waals surface area contributed by atoms with Crippen LogP contribution in [0.1, 0.15) is 0 Å². The Morgan fingerprint density at radius 3 is 2.39 bits per heavy atom. The van der Waals surface area contributed by atoms with Gasteiger partial charge in [0.2, 0.25) is 16.5 Å². The number of aromatic nitrogens is 3. The molecular formula is C23H28N6O3S. The summed E-state index contributed by atoms with van der Waals surface area (Å²) in [6.07, 6.45) is 1.64. The maximum Gasteiger partial charge on any atom is 0.236 e. The topological polar surface area (TPSA) is 71.9 Å². The maximum atomic E-state index is 12.7. The van der Waals surface area contributed by atoms with Crippen molar-refractivity contribution in [2.45, 2.75) is 6.67 Å². The Kier molecular flexibility index (Phi) is 6.68. The molecule has 0 bridgehead atoms. The summed E-state index contributed by atoms with van der Waals surface area (Å²) in [5.41, 5.74) is 0.943. The Hall–Kier alpha value is -2.79. The van der Waals surface area contributed by atoms with Crippen LogP contribution in [0.5, 0.6) is 0 Å². The fourth-order valence-corrected chi connectivity index (χ4v) is 4.54. The van der Waals surface area contributed by atoms with E-state index in [1.54, 1.807) is 6.26 Å². The Labute approximate surface area is 197 Å². The predicted molar refractivity (Wildman–Crippen MR) is 126 cm³/mol. The minimum absolute atomic E-state index is 0.196. The first-order chi connectivity index (χ1) is 16.2. The van der Waals surface area contributed by atoms with Crippen LogP contribution >= 0.6 is 12.2 Å². The van der Waals surface area contributed by atoms with Gasteiger partial charge in [0.05, 0.1) is 38.4 Å². The van der Waals surface area contributed by atoms with Gasteiger partial charge in [-0.25, -0.2) is 4.68 Å². The van der Waals surface area contributed by atoms with Gasteiger partial charge >= 0.3 is 0 Å². The SMILES string of the molecule is O=C(CN1CCOCC1)N1CCN(Cn2nc(-c3ccco3)n(-c3ccccc3)c2=S)CC1. The van der Waals surface area contributed by atoms with Crippen molar-refractivity contribution in [3.63, 3.8) is 0 Å². The van der Waals surface area contributed by atoms with Crippen molar-refractivity contribution in [3.8, 4) is 17.3 Å². The minimum atomic E-state index is 0.196. The molecule has 33 heavy (non-hydrogen) atoms. The van der Waals surface area contributed by atoms with Crippen LogP contribution < -0.4 is 0 Å². The molecule has 1 aromatic carbocycles. The number of benzene rings is 1. The van der Waals surface area contributed by atoms with Gasteiger partial charge in [-0.3, -0.25) is 19.2 Å². The fraction of sp³-hybridized carbons (Fsp3) is 0.435. The van der Waals surface area contributed by atoms with E-state index in [1.165, 1.54) is 0 Å². The number of nitrogens with zero attached hydrogens (tertiary/aromatic N) is 6. The lowest BCUT2D eigenvalue weighted by molar-refractivity contribution is -0.135. The van der Waals surface area contributed by atoms with E-state index in [4.69, 9.17) is 26.5 Å². The van der Waals surface area contributed by atoms with E-state index in [2.05, 4.69) is 9.80 Å². The lowest BCUT2D eigenvalue weighted by atomic mass is 10.3. The van der Waals surface area contributed by atoms with E-state index < -0.39 is 0 Å². The molecule has 1 amide bonds. The molecule has 2 fully saturated rings. The molecule has 174 valence electrons. The van der Waals surface area contributed by atoms with Crippen LogP contribution in [0.3, 0.4) is 0 Å². The molecule has 0 spiro atoms. The molecule has 2 saturated heterocycles. The Morgan fingerprint density at radius 2 is 1.70 bits per heavy atom. The number of hydrogen-bond acceptors (Lipinski definition) is 7. The van der Waals surface area contributed by atoms with Gasteiger partial charge in [-0.2, -0.15) is 0 Å². The molecule has 0 atom stereocenters. The number of piperazine rings is 1. The summed E-state index contributed by atoms with van der Waals surface area (Å²) < 4.78 is 15.4. The summed E-state index contributed by atoms with van der Waals surface area (Å²) in [5, 5.41) is 4.80. The van der Waals surface area contributed by atoms with Gasteiger partial charge in [-0.1, -0.05) is 18.2 Å². The lowest BCUT2D eigenvalue weighted by Crippen LogP contribution is -2.52. The molecule has 4 heterocycles. The number of rotatable bonds is 6. The largest absolute Gasteiger partial charge is 0.461 e. The Morgan fingerprint density at radius 1 is 0.939 bits per heavy atom. The third-order valence-corrected chi connectivity index (χ3v) is 6.51. The molecule has 0 radical (unpaired) electrons. The summed E-state index contributed by atoms with van der Waals surface area (Å²) in [6, 6.07) is 13.7. The summed E-state index contributed by atoms with van der Waals surface area (Å²) >= 11 is 5.81. The van der Waals surface area contributed by atoms with Crippen molar-refractivity contribution in [1.82, 2.24) is 29.0 Å². The van der Waals surface area contributed by atoms with Crippen LogP contribution in [-0.2, 0) is 16.2 Å². The number of ether oxygens (including phenoxy) is 1. The molecule has 0 aliphatic carbocycles. The second-order valence-electron chi connectivity index (χ2n) is 8.28. The zero-order chi connectivity index (χ0) is 22.6. The molecule has 2 aromatic heterocycles. The molecule has 10 heteroatoms. The first kappa shape index (κ1) is 22.0. The molecule has 0 unspecified atom stereocenters. The third-order valence-electron chi connectivity index (χ3n) is 6.12. The van der Waals surface area contributed by atoms with Crippen molar-refractivity contribution in [1.29, 1.82) is 0 Å². The second kappa shape index (κ2) is 10.0. The second-order valence-corrected chi connectivity index (χ2v) is 8.65. The van der Waals surface area contributed by atoms with Crippen LogP contribution in [-0.4, -0.2) is 94.0 Å². The highest BCUT2D eigenvalue weighted by Gasteiger charge is 2.25. The number of para-hydroxylation sites is 1. The number of amides is 1. The molecule has 2 aliphatic heterocycles. The quantitative estimate of drug-likeness (QED) is 0.513. The van der Waals surface area contributed by atoms with E-state index in [9.17, 15) is 4.79 Å². The van der Waals surface area contributed by atoms with Gasteiger partial charge in [-0.05, 0) is 36.5 Å². The van der Waals surface area contributed by atoms with Gasteiger partial charge in [0.25, 0.3) is 0 Å². The van der Waals surface area contributed by atoms with Crippen LogP contribution in [0, 0.1) is 4.77 Å². The van der Waals surface area contributed by atoms with Gasteiger partial charge < -0.3 is 14.1 Å². The summed E-state index contributed by atoms with van der Waals surface area (Å²) in [6.45, 7) is 7.09. The van der Waals surface area contributed by atoms with Crippen molar-refractivity contribution >= 4 is 18.1 Å². The molecule has 9 nitrogen and oxygen atoms in total. The van der Waals surface area contributed by atoms with E-state index >= 15 is 0 Å². The van der Waals surface area contributed by atoms with Gasteiger partial charge in [-0.15, -0.1) is 5.10 Å². The highest BCUT2D eigenvalue weighted by atomic mass is 32.1. The first-order valence-electron chi connectivity index (χ1n) is 11.3. The van der Waals surface area contributed by atoms with E-state index in [1.807, 2.05) is 56.6 Å². The van der Waals surface area contributed by atoms with Gasteiger partial charge in [0.15, 0.2) is 5.76 Å². The van der Waals surface area contributed by atoms with Gasteiger partial charge in [0.1, 0.15) is 0 Å². The smallest absolute Gasteiger partial charge is 0.236 e. The Bertz CT molecular complexity index is 1110. The number of morpholine rings is 1. The van der Waals surface area contributed by atoms with Crippen molar-refractivity contribution in [3.05, 3.63) is 53.5 Å². The van der Waals surface area contributed by atoms with E-state index in [0.29, 0.717) is 55.9 Å².